The Bertz CT molecular complexity index is 1800. The van der Waals surface area contributed by atoms with Crippen molar-refractivity contribution >= 4 is 23.1 Å². The number of aliphatic hydroxyl groups is 1. The summed E-state index contributed by atoms with van der Waals surface area (Å²) in [5.74, 6) is -2.15. The Balaban J connectivity index is 1.72. The number of hydrogen-bond acceptors (Lipinski definition) is 5. The van der Waals surface area contributed by atoms with E-state index in [1.807, 2.05) is 46.8 Å². The lowest BCUT2D eigenvalue weighted by Gasteiger charge is -2.33. The van der Waals surface area contributed by atoms with Gasteiger partial charge in [-0.1, -0.05) is 60.7 Å². The van der Waals surface area contributed by atoms with Crippen LogP contribution in [0, 0.1) is 41.5 Å². The van der Waals surface area contributed by atoms with E-state index < -0.39 is 22.6 Å². The number of Topliss-reactive ketones (excluding diaryl/α,β-unsaturated/α-hetero) is 4. The maximum absolute atomic E-state index is 14.6. The summed E-state index contributed by atoms with van der Waals surface area (Å²) in [6.07, 6.45) is 0. The highest BCUT2D eigenvalue weighted by atomic mass is 16.3. The molecule has 0 saturated carbocycles. The molecule has 4 aromatic carbocycles. The first-order valence-electron chi connectivity index (χ1n) is 13.7. The molecular weight excluding hydrogens is 512 g/mol. The van der Waals surface area contributed by atoms with Crippen LogP contribution >= 0.6 is 0 Å². The van der Waals surface area contributed by atoms with E-state index >= 15 is 0 Å². The second-order valence-corrected chi connectivity index (χ2v) is 11.4. The van der Waals surface area contributed by atoms with Crippen molar-refractivity contribution in [3.63, 3.8) is 0 Å². The lowest BCUT2D eigenvalue weighted by atomic mass is 9.66. The molecular formula is C36H30O5. The Morgan fingerprint density at radius 2 is 0.878 bits per heavy atom. The lowest BCUT2D eigenvalue weighted by molar-refractivity contribution is 0.0318. The summed E-state index contributed by atoms with van der Waals surface area (Å²) in [5, 5.41) is 12.0. The van der Waals surface area contributed by atoms with Crippen molar-refractivity contribution in [3.05, 3.63) is 139 Å². The maximum atomic E-state index is 14.6. The van der Waals surface area contributed by atoms with Crippen LogP contribution in [0.1, 0.15) is 91.5 Å². The summed E-state index contributed by atoms with van der Waals surface area (Å²) < 4.78 is 0. The molecule has 0 atom stereocenters. The molecule has 0 heterocycles. The van der Waals surface area contributed by atoms with Gasteiger partial charge in [0.2, 0.25) is 17.2 Å². The number of rotatable bonds is 3. The molecule has 0 fully saturated rings. The van der Waals surface area contributed by atoms with Gasteiger partial charge in [-0.3, -0.25) is 19.2 Å². The van der Waals surface area contributed by atoms with E-state index in [4.69, 9.17) is 0 Å². The third-order valence-electron chi connectivity index (χ3n) is 9.55. The monoisotopic (exact) mass is 542 g/mol. The molecule has 0 unspecified atom stereocenters. The summed E-state index contributed by atoms with van der Waals surface area (Å²) in [6, 6.07) is 18.5. The highest BCUT2D eigenvalue weighted by Gasteiger charge is 2.58. The molecule has 41 heavy (non-hydrogen) atoms. The molecule has 0 saturated heterocycles. The standard InChI is InChI=1S/C36H30O5/c1-18-15-24(16-19(2)20(18)3)35(31(37)25-11-7-8-12-26(25)32(35)38)29-17-30(23(6)21(4)22(29)5)36(41)33(39)27-13-9-10-14-28(27)34(36)40/h7-17,41H,1-6H3. The molecule has 4 aromatic rings. The van der Waals surface area contributed by atoms with Crippen LogP contribution in [0.25, 0.3) is 0 Å². The van der Waals surface area contributed by atoms with Gasteiger partial charge < -0.3 is 5.11 Å². The van der Waals surface area contributed by atoms with Crippen LogP contribution in [0.5, 0.6) is 0 Å². The van der Waals surface area contributed by atoms with Crippen LogP contribution in [0.3, 0.4) is 0 Å². The predicted molar refractivity (Wildman–Crippen MR) is 156 cm³/mol. The minimum Gasteiger partial charge on any atom is -0.370 e. The number of hydrogen-bond donors (Lipinski definition) is 1. The van der Waals surface area contributed by atoms with Crippen LogP contribution in [0.2, 0.25) is 0 Å². The zero-order chi connectivity index (χ0) is 29.6. The second kappa shape index (κ2) is 8.76. The van der Waals surface area contributed by atoms with E-state index in [9.17, 15) is 24.3 Å². The van der Waals surface area contributed by atoms with Crippen molar-refractivity contribution < 1.29 is 24.3 Å². The maximum Gasteiger partial charge on any atom is 0.216 e. The van der Waals surface area contributed by atoms with Crippen molar-refractivity contribution in [1.29, 1.82) is 0 Å². The van der Waals surface area contributed by atoms with E-state index in [0.717, 1.165) is 16.7 Å². The van der Waals surface area contributed by atoms with Gasteiger partial charge in [0.25, 0.3) is 0 Å². The number of ketones is 4. The van der Waals surface area contributed by atoms with Gasteiger partial charge in [-0.05, 0) is 92.1 Å². The average Bonchev–Trinajstić information content (AvgIpc) is 3.31. The van der Waals surface area contributed by atoms with Crippen molar-refractivity contribution in [3.8, 4) is 0 Å². The van der Waals surface area contributed by atoms with Crippen LogP contribution in [0.15, 0.2) is 66.7 Å². The number of carbonyl (C=O) groups is 4. The number of carbonyl (C=O) groups excluding carboxylic acids is 4. The number of benzene rings is 4. The molecule has 0 radical (unpaired) electrons. The normalized spacial score (nSPS) is 16.8. The third-order valence-corrected chi connectivity index (χ3v) is 9.55. The summed E-state index contributed by atoms with van der Waals surface area (Å²) in [6.45, 7) is 11.3. The highest BCUT2D eigenvalue weighted by molar-refractivity contribution is 6.36. The summed E-state index contributed by atoms with van der Waals surface area (Å²) in [4.78, 5) is 56.6. The Morgan fingerprint density at radius 1 is 0.488 bits per heavy atom. The topological polar surface area (TPSA) is 88.5 Å². The van der Waals surface area contributed by atoms with Crippen molar-refractivity contribution in [2.75, 3.05) is 0 Å². The van der Waals surface area contributed by atoms with Gasteiger partial charge in [0.05, 0.1) is 0 Å². The van der Waals surface area contributed by atoms with Crippen LogP contribution in [0.4, 0.5) is 0 Å². The van der Waals surface area contributed by atoms with Gasteiger partial charge in [0, 0.05) is 27.8 Å². The Labute approximate surface area is 238 Å². The van der Waals surface area contributed by atoms with Crippen molar-refractivity contribution in [2.24, 2.45) is 0 Å². The average molecular weight is 543 g/mol. The van der Waals surface area contributed by atoms with Gasteiger partial charge in [0.1, 0.15) is 5.41 Å². The summed E-state index contributed by atoms with van der Waals surface area (Å²) >= 11 is 0. The van der Waals surface area contributed by atoms with Crippen LogP contribution in [-0.2, 0) is 11.0 Å². The summed E-state index contributed by atoms with van der Waals surface area (Å²) in [7, 11) is 0. The summed E-state index contributed by atoms with van der Waals surface area (Å²) in [5.41, 5.74) is 2.61. The molecule has 5 nitrogen and oxygen atoms in total. The molecule has 6 rings (SSSR count). The fourth-order valence-electron chi connectivity index (χ4n) is 6.73. The van der Waals surface area contributed by atoms with Crippen LogP contribution < -0.4 is 0 Å². The van der Waals surface area contributed by atoms with Crippen molar-refractivity contribution in [2.45, 2.75) is 52.6 Å². The molecule has 0 spiro atoms. The molecule has 1 N–H and O–H groups in total. The van der Waals surface area contributed by atoms with Gasteiger partial charge in [0.15, 0.2) is 11.6 Å². The lowest BCUT2D eigenvalue weighted by Crippen LogP contribution is -2.43. The Kier molecular flexibility index (Phi) is 5.71. The number of fused-ring (bicyclic) bond motifs is 2. The first kappa shape index (κ1) is 26.7. The van der Waals surface area contributed by atoms with E-state index in [-0.39, 0.29) is 28.3 Å². The molecule has 2 aliphatic carbocycles. The molecule has 0 aliphatic heterocycles. The number of aryl methyl sites for hydroxylation is 2. The molecule has 2 aliphatic rings. The molecule has 5 heteroatoms. The minimum absolute atomic E-state index is 0.0956. The van der Waals surface area contributed by atoms with E-state index in [1.54, 1.807) is 49.4 Å². The SMILES string of the molecule is Cc1cc(C2(c3cc(C4(O)C(=O)c5ccccc5C4=O)c(C)c(C)c3C)C(=O)c3ccccc3C2=O)cc(C)c1C. The molecule has 0 bridgehead atoms. The largest absolute Gasteiger partial charge is 0.370 e. The second-order valence-electron chi connectivity index (χ2n) is 11.4. The Hall–Kier alpha value is -4.48. The fraction of sp³-hybridized carbons (Fsp3) is 0.222. The van der Waals surface area contributed by atoms with Crippen LogP contribution in [-0.4, -0.2) is 28.2 Å². The minimum atomic E-state index is -2.47. The Morgan fingerprint density at radius 3 is 1.32 bits per heavy atom. The van der Waals surface area contributed by atoms with Crippen molar-refractivity contribution in [1.82, 2.24) is 0 Å². The first-order valence-corrected chi connectivity index (χ1v) is 13.7. The van der Waals surface area contributed by atoms with Gasteiger partial charge in [-0.2, -0.15) is 0 Å². The predicted octanol–water partition coefficient (Wildman–Crippen LogP) is 6.17. The molecule has 0 aromatic heterocycles. The molecule has 204 valence electrons. The van der Waals surface area contributed by atoms with E-state index in [1.165, 1.54) is 12.1 Å². The van der Waals surface area contributed by atoms with Gasteiger partial charge in [-0.25, -0.2) is 0 Å². The van der Waals surface area contributed by atoms with E-state index in [2.05, 4.69) is 0 Å². The molecule has 0 amide bonds. The zero-order valence-electron chi connectivity index (χ0n) is 23.9. The smallest absolute Gasteiger partial charge is 0.216 e. The highest BCUT2D eigenvalue weighted by Crippen LogP contribution is 2.49. The van der Waals surface area contributed by atoms with Gasteiger partial charge in [-0.15, -0.1) is 0 Å². The van der Waals surface area contributed by atoms with E-state index in [0.29, 0.717) is 38.9 Å². The zero-order valence-corrected chi connectivity index (χ0v) is 23.9. The van der Waals surface area contributed by atoms with Gasteiger partial charge >= 0.3 is 0 Å². The quantitative estimate of drug-likeness (QED) is 0.313. The third kappa shape index (κ3) is 3.21. The fourth-order valence-corrected chi connectivity index (χ4v) is 6.73. The first-order chi connectivity index (χ1) is 19.4.